The molecule has 0 spiro atoms. The van der Waals surface area contributed by atoms with Gasteiger partial charge in [0.05, 0.1) is 77.0 Å². The molecule has 1 aliphatic rings. The molecule has 0 radical (unpaired) electrons. The van der Waals surface area contributed by atoms with Gasteiger partial charge < -0.3 is 38.8 Å². The third-order valence-corrected chi connectivity index (χ3v) is 8.57. The van der Waals surface area contributed by atoms with E-state index in [0.717, 1.165) is 5.56 Å². The van der Waals surface area contributed by atoms with Gasteiger partial charge in [-0.05, 0) is 42.2 Å². The van der Waals surface area contributed by atoms with Crippen molar-refractivity contribution >= 4 is 16.1 Å². The van der Waals surface area contributed by atoms with Gasteiger partial charge in [0.2, 0.25) is 10.0 Å². The molecule has 1 saturated heterocycles. The van der Waals surface area contributed by atoms with Crippen molar-refractivity contribution in [1.29, 1.82) is 0 Å². The summed E-state index contributed by atoms with van der Waals surface area (Å²) in [7, 11) is -2.47. The van der Waals surface area contributed by atoms with Crippen LogP contribution in [0.2, 0.25) is 0 Å². The van der Waals surface area contributed by atoms with Gasteiger partial charge in [-0.15, -0.1) is 0 Å². The van der Waals surface area contributed by atoms with Crippen molar-refractivity contribution in [2.75, 3.05) is 73.1 Å². The Balaban J connectivity index is 1.75. The van der Waals surface area contributed by atoms with Crippen LogP contribution in [0.15, 0.2) is 59.5 Å². The zero-order valence-corrected chi connectivity index (χ0v) is 26.6. The number of benzene rings is 2. The summed E-state index contributed by atoms with van der Waals surface area (Å²) in [5.74, 6) is 0.501. The van der Waals surface area contributed by atoms with E-state index in [4.69, 9.17) is 28.4 Å². The summed E-state index contributed by atoms with van der Waals surface area (Å²) in [6.45, 7) is 6.16. The quantitative estimate of drug-likeness (QED) is 0.356. The number of hydrogen-bond donors (Lipinski definition) is 2. The van der Waals surface area contributed by atoms with Gasteiger partial charge in [-0.25, -0.2) is 13.2 Å². The number of nitrogens with one attached hydrogen (secondary N) is 1. The molecule has 44 heavy (non-hydrogen) atoms. The van der Waals surface area contributed by atoms with Crippen molar-refractivity contribution in [1.82, 2.24) is 9.62 Å². The van der Waals surface area contributed by atoms with Gasteiger partial charge in [0.25, 0.3) is 0 Å². The molecule has 0 aromatic heterocycles. The van der Waals surface area contributed by atoms with E-state index in [9.17, 15) is 18.3 Å². The lowest BCUT2D eigenvalue weighted by Gasteiger charge is -2.31. The van der Waals surface area contributed by atoms with Crippen LogP contribution in [0.4, 0.5) is 4.79 Å². The van der Waals surface area contributed by atoms with Crippen LogP contribution >= 0.6 is 0 Å². The molecule has 3 rings (SSSR count). The van der Waals surface area contributed by atoms with Crippen molar-refractivity contribution in [2.24, 2.45) is 5.92 Å². The van der Waals surface area contributed by atoms with Gasteiger partial charge in [-0.2, -0.15) is 4.31 Å². The molecule has 13 heteroatoms. The number of rotatable bonds is 12. The van der Waals surface area contributed by atoms with Gasteiger partial charge in [0, 0.05) is 13.1 Å². The monoisotopic (exact) mass is 638 g/mol. The highest BCUT2D eigenvalue weighted by Crippen LogP contribution is 2.22. The zero-order valence-electron chi connectivity index (χ0n) is 25.8. The minimum Gasteiger partial charge on any atom is -0.497 e. The second kappa shape index (κ2) is 18.9. The fourth-order valence-electron chi connectivity index (χ4n) is 4.50. The summed E-state index contributed by atoms with van der Waals surface area (Å²) in [5, 5.41) is 14.2. The van der Waals surface area contributed by atoms with E-state index in [1.807, 2.05) is 44.2 Å². The second-order valence-corrected chi connectivity index (χ2v) is 12.7. The van der Waals surface area contributed by atoms with Crippen LogP contribution in [0.3, 0.4) is 0 Å². The van der Waals surface area contributed by atoms with Crippen molar-refractivity contribution < 1.29 is 46.7 Å². The largest absolute Gasteiger partial charge is 0.497 e. The minimum atomic E-state index is -3.98. The molecular formula is C31H46N2O10S. The molecule has 246 valence electrons. The van der Waals surface area contributed by atoms with Crippen molar-refractivity contribution in [2.45, 2.75) is 43.4 Å². The lowest BCUT2D eigenvalue weighted by molar-refractivity contribution is -0.0397. The highest BCUT2D eigenvalue weighted by molar-refractivity contribution is 7.89. The zero-order chi connectivity index (χ0) is 31.8. The molecule has 12 nitrogen and oxygen atoms in total. The summed E-state index contributed by atoms with van der Waals surface area (Å²) in [6, 6.07) is 14.5. The molecule has 1 amide bonds. The number of hydrogen-bond acceptors (Lipinski definition) is 10. The number of amides is 1. The topological polar surface area (TPSA) is 142 Å². The van der Waals surface area contributed by atoms with E-state index in [1.54, 1.807) is 12.1 Å². The maximum Gasteiger partial charge on any atom is 0.407 e. The van der Waals surface area contributed by atoms with Crippen molar-refractivity contribution in [3.8, 4) is 5.75 Å². The smallest absolute Gasteiger partial charge is 0.407 e. The van der Waals surface area contributed by atoms with E-state index in [-0.39, 0.29) is 43.5 Å². The molecule has 1 aliphatic heterocycles. The van der Waals surface area contributed by atoms with Crippen LogP contribution in [-0.2, 0) is 40.1 Å². The molecule has 0 unspecified atom stereocenters. The van der Waals surface area contributed by atoms with E-state index >= 15 is 0 Å². The SMILES string of the molecule is COc1ccc(S(=O)(=O)N(CC(C)C)C[C@H](O)[C@@H](Cc2ccccc2)NC(=O)OC2COCCOCCOCCOC2)cc1. The third-order valence-electron chi connectivity index (χ3n) is 6.72. The van der Waals surface area contributed by atoms with Crippen LogP contribution in [0.5, 0.6) is 5.75 Å². The van der Waals surface area contributed by atoms with Crippen LogP contribution in [0, 0.1) is 5.92 Å². The fraction of sp³-hybridized carbons (Fsp3) is 0.581. The predicted octanol–water partition coefficient (Wildman–Crippen LogP) is 2.49. The normalized spacial score (nSPS) is 17.6. The molecule has 2 N–H and O–H groups in total. The number of ether oxygens (including phenoxy) is 6. The summed E-state index contributed by atoms with van der Waals surface area (Å²) in [5.41, 5.74) is 0.846. The summed E-state index contributed by atoms with van der Waals surface area (Å²) >= 11 is 0. The maximum atomic E-state index is 13.7. The van der Waals surface area contributed by atoms with Crippen LogP contribution in [0.1, 0.15) is 19.4 Å². The number of aliphatic hydroxyl groups is 1. The standard InChI is InChI=1S/C31H46N2O10S/c1-24(2)20-33(44(36,37)28-11-9-26(38-3)10-12-28)21-30(34)29(19-25-7-5-4-6-8-25)32-31(35)43-27-22-41-17-15-39-13-14-40-16-18-42-23-27/h4-12,24,27,29-30,34H,13-23H2,1-3H3,(H,32,35)/t29-,30+/m1/s1. The molecular weight excluding hydrogens is 592 g/mol. The van der Waals surface area contributed by atoms with E-state index in [2.05, 4.69) is 5.32 Å². The molecule has 2 aromatic rings. The number of carbonyl (C=O) groups excluding carboxylic acids is 1. The molecule has 2 aromatic carbocycles. The van der Waals surface area contributed by atoms with Crippen molar-refractivity contribution in [3.05, 3.63) is 60.2 Å². The van der Waals surface area contributed by atoms with Crippen LogP contribution < -0.4 is 10.1 Å². The number of carbonyl (C=O) groups is 1. The molecule has 0 saturated carbocycles. The van der Waals surface area contributed by atoms with Crippen molar-refractivity contribution in [3.63, 3.8) is 0 Å². The molecule has 1 heterocycles. The second-order valence-electron chi connectivity index (χ2n) is 10.8. The first-order valence-electron chi connectivity index (χ1n) is 14.8. The molecule has 0 aliphatic carbocycles. The predicted molar refractivity (Wildman–Crippen MR) is 163 cm³/mol. The highest BCUT2D eigenvalue weighted by Gasteiger charge is 2.32. The Hall–Kier alpha value is -2.78. The van der Waals surface area contributed by atoms with E-state index < -0.39 is 34.4 Å². The number of sulfonamides is 1. The van der Waals surface area contributed by atoms with Gasteiger partial charge in [-0.1, -0.05) is 44.2 Å². The first-order chi connectivity index (χ1) is 21.2. The van der Waals surface area contributed by atoms with Gasteiger partial charge in [0.15, 0.2) is 6.10 Å². The number of alkyl carbamates (subject to hydrolysis) is 1. The van der Waals surface area contributed by atoms with E-state index in [1.165, 1.54) is 23.5 Å². The van der Waals surface area contributed by atoms with E-state index in [0.29, 0.717) is 45.4 Å². The first-order valence-corrected chi connectivity index (χ1v) is 16.3. The Kier molecular flexibility index (Phi) is 15.3. The average Bonchev–Trinajstić information content (AvgIpc) is 3.03. The van der Waals surface area contributed by atoms with Gasteiger partial charge in [-0.3, -0.25) is 0 Å². The maximum absolute atomic E-state index is 13.7. The Morgan fingerprint density at radius 2 is 1.48 bits per heavy atom. The number of nitrogens with zero attached hydrogens (tertiary/aromatic N) is 1. The number of aliphatic hydroxyl groups excluding tert-OH is 1. The first kappa shape index (κ1) is 35.7. The Bertz CT molecular complexity index is 1180. The Morgan fingerprint density at radius 1 is 0.909 bits per heavy atom. The van der Waals surface area contributed by atoms with Crippen LogP contribution in [0.25, 0.3) is 0 Å². The van der Waals surface area contributed by atoms with Crippen LogP contribution in [-0.4, -0.2) is 115 Å². The average molecular weight is 639 g/mol. The Morgan fingerprint density at radius 3 is 2.02 bits per heavy atom. The molecule has 2 atom stereocenters. The summed E-state index contributed by atoms with van der Waals surface area (Å²) in [4.78, 5) is 13.2. The Labute approximate surface area is 260 Å². The third kappa shape index (κ3) is 12.3. The molecule has 1 fully saturated rings. The number of methoxy groups -OCH3 is 1. The van der Waals surface area contributed by atoms with Gasteiger partial charge in [0.1, 0.15) is 5.75 Å². The highest BCUT2D eigenvalue weighted by atomic mass is 32.2. The fourth-order valence-corrected chi connectivity index (χ4v) is 6.12. The summed E-state index contributed by atoms with van der Waals surface area (Å²) in [6.07, 6.45) is -2.54. The minimum absolute atomic E-state index is 0.0260. The summed E-state index contributed by atoms with van der Waals surface area (Å²) < 4.78 is 61.5. The van der Waals surface area contributed by atoms with Gasteiger partial charge >= 0.3 is 6.09 Å². The lowest BCUT2D eigenvalue weighted by atomic mass is 10.0. The lowest BCUT2D eigenvalue weighted by Crippen LogP contribution is -2.51. The molecule has 0 bridgehead atoms.